The van der Waals surface area contributed by atoms with Gasteiger partial charge in [-0.1, -0.05) is 42.5 Å². The average molecular weight is 347 g/mol. The number of carbonyl (C=O) groups is 1. The maximum atomic E-state index is 12.7. The van der Waals surface area contributed by atoms with Crippen LogP contribution in [0.25, 0.3) is 0 Å². The summed E-state index contributed by atoms with van der Waals surface area (Å²) in [7, 11) is 0. The third-order valence-corrected chi connectivity index (χ3v) is 4.26. The Hall–Kier alpha value is -2.04. The Kier molecular flexibility index (Phi) is 6.23. The van der Waals surface area contributed by atoms with Crippen molar-refractivity contribution in [2.24, 2.45) is 0 Å². The van der Waals surface area contributed by atoms with Gasteiger partial charge in [-0.3, -0.25) is 4.79 Å². The number of anilines is 1. The van der Waals surface area contributed by atoms with Crippen LogP contribution in [-0.4, -0.2) is 30.0 Å². The zero-order valence-corrected chi connectivity index (χ0v) is 14.5. The van der Waals surface area contributed by atoms with Gasteiger partial charge in [0.15, 0.2) is 0 Å². The van der Waals surface area contributed by atoms with Crippen molar-refractivity contribution in [1.29, 1.82) is 0 Å². The number of rotatable bonds is 3. The molecule has 4 nitrogen and oxygen atoms in total. The highest BCUT2D eigenvalue weighted by Gasteiger charge is 2.30. The van der Waals surface area contributed by atoms with Gasteiger partial charge >= 0.3 is 0 Å². The topological polar surface area (TPSA) is 55.6 Å². The number of ether oxygens (including phenoxy) is 1. The number of nitrogens with two attached hydrogens (primary N) is 1. The van der Waals surface area contributed by atoms with Crippen LogP contribution in [0.1, 0.15) is 24.2 Å². The lowest BCUT2D eigenvalue weighted by Crippen LogP contribution is -2.48. The van der Waals surface area contributed by atoms with Crippen LogP contribution in [0.3, 0.4) is 0 Å². The molecule has 24 heavy (non-hydrogen) atoms. The monoisotopic (exact) mass is 346 g/mol. The molecule has 1 amide bonds. The first kappa shape index (κ1) is 18.3. The minimum atomic E-state index is -0.0530. The Morgan fingerprint density at radius 1 is 1.17 bits per heavy atom. The summed E-state index contributed by atoms with van der Waals surface area (Å²) in [6, 6.07) is 17.6. The first-order valence-electron chi connectivity index (χ1n) is 7.94. The Balaban J connectivity index is 0.00000208. The molecule has 2 unspecified atom stereocenters. The van der Waals surface area contributed by atoms with Crippen LogP contribution in [0.15, 0.2) is 54.6 Å². The van der Waals surface area contributed by atoms with E-state index in [1.165, 1.54) is 0 Å². The number of carbonyl (C=O) groups excluding carboxylic acids is 1. The third kappa shape index (κ3) is 4.28. The minimum Gasteiger partial charge on any atom is -0.399 e. The minimum absolute atomic E-state index is 0. The van der Waals surface area contributed by atoms with Crippen molar-refractivity contribution in [3.8, 4) is 0 Å². The second-order valence-corrected chi connectivity index (χ2v) is 6.05. The third-order valence-electron chi connectivity index (χ3n) is 4.26. The van der Waals surface area contributed by atoms with Gasteiger partial charge in [-0.15, -0.1) is 12.4 Å². The molecule has 2 atom stereocenters. The average Bonchev–Trinajstić information content (AvgIpc) is 2.58. The van der Waals surface area contributed by atoms with Crippen LogP contribution in [0.5, 0.6) is 0 Å². The fourth-order valence-corrected chi connectivity index (χ4v) is 2.89. The van der Waals surface area contributed by atoms with Crippen molar-refractivity contribution < 1.29 is 9.53 Å². The first-order valence-corrected chi connectivity index (χ1v) is 7.94. The molecule has 2 N–H and O–H groups in total. The number of benzene rings is 2. The van der Waals surface area contributed by atoms with Gasteiger partial charge in [0, 0.05) is 5.69 Å². The number of halogens is 1. The predicted octanol–water partition coefficient (Wildman–Crippen LogP) is 3.22. The fraction of sp³-hybridized carbons (Fsp3) is 0.316. The number of hydrogen-bond donors (Lipinski definition) is 1. The van der Waals surface area contributed by atoms with E-state index in [2.05, 4.69) is 0 Å². The molecule has 0 aliphatic carbocycles. The van der Waals surface area contributed by atoms with Crippen LogP contribution < -0.4 is 5.73 Å². The highest BCUT2D eigenvalue weighted by Crippen LogP contribution is 2.25. The Morgan fingerprint density at radius 2 is 1.83 bits per heavy atom. The molecule has 3 rings (SSSR count). The lowest BCUT2D eigenvalue weighted by Gasteiger charge is -2.38. The molecular weight excluding hydrogens is 324 g/mol. The van der Waals surface area contributed by atoms with Crippen molar-refractivity contribution in [3.63, 3.8) is 0 Å². The molecule has 128 valence electrons. The molecule has 1 heterocycles. The van der Waals surface area contributed by atoms with Gasteiger partial charge in [0.1, 0.15) is 6.10 Å². The Labute approximate surface area is 149 Å². The molecule has 2 aromatic rings. The van der Waals surface area contributed by atoms with Crippen LogP contribution in [0.2, 0.25) is 0 Å². The molecule has 1 fully saturated rings. The van der Waals surface area contributed by atoms with Crippen LogP contribution >= 0.6 is 12.4 Å². The quantitative estimate of drug-likeness (QED) is 0.868. The van der Waals surface area contributed by atoms with E-state index >= 15 is 0 Å². The maximum Gasteiger partial charge on any atom is 0.227 e. The fourth-order valence-electron chi connectivity index (χ4n) is 2.89. The molecule has 0 saturated carbocycles. The van der Waals surface area contributed by atoms with Crippen molar-refractivity contribution in [3.05, 3.63) is 65.7 Å². The number of nitrogens with zero attached hydrogens (tertiary/aromatic N) is 1. The van der Waals surface area contributed by atoms with Gasteiger partial charge in [0.05, 0.1) is 25.6 Å². The Bertz CT molecular complexity index is 661. The number of morpholine rings is 1. The highest BCUT2D eigenvalue weighted by molar-refractivity contribution is 5.85. The lowest BCUT2D eigenvalue weighted by molar-refractivity contribution is -0.143. The highest BCUT2D eigenvalue weighted by atomic mass is 35.5. The molecule has 0 radical (unpaired) electrons. The van der Waals surface area contributed by atoms with Crippen molar-refractivity contribution in [1.82, 2.24) is 4.90 Å². The maximum absolute atomic E-state index is 12.7. The standard InChI is InChI=1S/C19H22N2O2.ClH/c1-14-13-23-18(16-5-3-2-4-6-16)12-21(14)19(22)11-15-7-9-17(20)10-8-15;/h2-10,14,18H,11-13,20H2,1H3;1H. The van der Waals surface area contributed by atoms with E-state index < -0.39 is 0 Å². The van der Waals surface area contributed by atoms with E-state index in [-0.39, 0.29) is 30.5 Å². The van der Waals surface area contributed by atoms with Gasteiger partial charge in [0.25, 0.3) is 0 Å². The second kappa shape index (κ2) is 8.18. The largest absolute Gasteiger partial charge is 0.399 e. The number of amides is 1. The summed E-state index contributed by atoms with van der Waals surface area (Å²) in [6.07, 6.45) is 0.342. The summed E-state index contributed by atoms with van der Waals surface area (Å²) >= 11 is 0. The molecule has 1 aliphatic heterocycles. The van der Waals surface area contributed by atoms with E-state index in [1.807, 2.05) is 66.4 Å². The summed E-state index contributed by atoms with van der Waals surface area (Å²) in [5.74, 6) is 0.131. The Morgan fingerprint density at radius 3 is 2.50 bits per heavy atom. The molecule has 0 spiro atoms. The molecule has 1 saturated heterocycles. The molecule has 0 bridgehead atoms. The van der Waals surface area contributed by atoms with Crippen LogP contribution in [0, 0.1) is 0 Å². The molecule has 0 aromatic heterocycles. The van der Waals surface area contributed by atoms with Crippen molar-refractivity contribution >= 4 is 24.0 Å². The summed E-state index contributed by atoms with van der Waals surface area (Å²) in [5, 5.41) is 0. The molecular formula is C19H23ClN2O2. The van der Waals surface area contributed by atoms with Gasteiger partial charge < -0.3 is 15.4 Å². The number of hydrogen-bond acceptors (Lipinski definition) is 3. The lowest BCUT2D eigenvalue weighted by atomic mass is 10.0. The molecule has 5 heteroatoms. The van der Waals surface area contributed by atoms with Crippen LogP contribution in [0.4, 0.5) is 5.69 Å². The second-order valence-electron chi connectivity index (χ2n) is 6.05. The van der Waals surface area contributed by atoms with Crippen molar-refractivity contribution in [2.45, 2.75) is 25.5 Å². The first-order chi connectivity index (χ1) is 11.1. The molecule has 2 aromatic carbocycles. The van der Waals surface area contributed by atoms with E-state index in [0.717, 1.165) is 11.1 Å². The van der Waals surface area contributed by atoms with Gasteiger partial charge in [-0.05, 0) is 30.2 Å². The number of nitrogen functional groups attached to an aromatic ring is 1. The van der Waals surface area contributed by atoms with Gasteiger partial charge in [0.2, 0.25) is 5.91 Å². The van der Waals surface area contributed by atoms with E-state index in [1.54, 1.807) is 0 Å². The summed E-state index contributed by atoms with van der Waals surface area (Å²) < 4.78 is 5.91. The zero-order valence-electron chi connectivity index (χ0n) is 13.7. The van der Waals surface area contributed by atoms with Gasteiger partial charge in [-0.25, -0.2) is 0 Å². The van der Waals surface area contributed by atoms with E-state index in [0.29, 0.717) is 25.3 Å². The normalized spacial score (nSPS) is 20.3. The van der Waals surface area contributed by atoms with Gasteiger partial charge in [-0.2, -0.15) is 0 Å². The SMILES string of the molecule is CC1COC(c2ccccc2)CN1C(=O)Cc1ccc(N)cc1.Cl. The summed E-state index contributed by atoms with van der Waals surface area (Å²) in [4.78, 5) is 14.6. The predicted molar refractivity (Wildman–Crippen MR) is 98.1 cm³/mol. The summed E-state index contributed by atoms with van der Waals surface area (Å²) in [6.45, 7) is 3.19. The van der Waals surface area contributed by atoms with Crippen molar-refractivity contribution in [2.75, 3.05) is 18.9 Å². The smallest absolute Gasteiger partial charge is 0.227 e. The van der Waals surface area contributed by atoms with E-state index in [4.69, 9.17) is 10.5 Å². The molecule has 1 aliphatic rings. The van der Waals surface area contributed by atoms with Crippen LogP contribution in [-0.2, 0) is 16.0 Å². The summed E-state index contributed by atoms with van der Waals surface area (Å²) in [5.41, 5.74) is 8.51. The zero-order chi connectivity index (χ0) is 16.2. The van der Waals surface area contributed by atoms with E-state index in [9.17, 15) is 4.79 Å².